The van der Waals surface area contributed by atoms with Crippen molar-refractivity contribution in [1.29, 1.82) is 0 Å². The van der Waals surface area contributed by atoms with Gasteiger partial charge in [0.2, 0.25) is 0 Å². The highest BCUT2D eigenvalue weighted by Crippen LogP contribution is 2.21. The largest absolute Gasteiger partial charge is 0.391 e. The van der Waals surface area contributed by atoms with Crippen LogP contribution in [-0.2, 0) is 11.3 Å². The number of aliphatic hydroxyl groups is 1. The molecule has 1 aliphatic rings. The molecule has 1 fully saturated rings. The van der Waals surface area contributed by atoms with Gasteiger partial charge in [-0.1, -0.05) is 39.0 Å². The van der Waals surface area contributed by atoms with Crippen LogP contribution in [0.5, 0.6) is 0 Å². The predicted molar refractivity (Wildman–Crippen MR) is 95.0 cm³/mol. The number of β-amino-alcohol motifs (C(OH)–C–C–N with tert-alkyl or cyclic N) is 1. The first-order valence-electron chi connectivity index (χ1n) is 8.59. The van der Waals surface area contributed by atoms with Gasteiger partial charge in [-0.05, 0) is 17.0 Å². The van der Waals surface area contributed by atoms with Crippen LogP contribution in [0.1, 0.15) is 36.7 Å². The van der Waals surface area contributed by atoms with E-state index in [1.54, 1.807) is 7.11 Å². The Balaban J connectivity index is 1.94. The lowest BCUT2D eigenvalue weighted by molar-refractivity contribution is 0.0136. The normalized spacial score (nSPS) is 17.8. The maximum absolute atomic E-state index is 12.8. The molecule has 0 bridgehead atoms. The molecule has 0 aromatic heterocycles. The Bertz CT molecular complexity index is 546. The third kappa shape index (κ3) is 4.79. The number of rotatable bonds is 5. The molecule has 0 spiro atoms. The molecule has 134 valence electrons. The number of hydrogen-bond acceptors (Lipinski definition) is 4. The Morgan fingerprint density at radius 2 is 1.83 bits per heavy atom. The summed E-state index contributed by atoms with van der Waals surface area (Å²) in [5, 5.41) is 10.3. The second kappa shape index (κ2) is 8.10. The number of carbonyl (C=O) groups excluding carboxylic acids is 1. The molecule has 0 aliphatic carbocycles. The fourth-order valence-corrected chi connectivity index (χ4v) is 2.83. The van der Waals surface area contributed by atoms with E-state index in [0.717, 1.165) is 24.2 Å². The average molecular weight is 334 g/mol. The maximum atomic E-state index is 12.8. The van der Waals surface area contributed by atoms with Gasteiger partial charge in [0, 0.05) is 45.4 Å². The van der Waals surface area contributed by atoms with Gasteiger partial charge >= 0.3 is 0 Å². The van der Waals surface area contributed by atoms with Crippen molar-refractivity contribution in [2.45, 2.75) is 33.5 Å². The SMILES string of the molecule is COCc1ccccc1C(=O)N1CCN(CC(O)C(C)(C)C)CC1. The number of methoxy groups -OCH3 is 1. The molecule has 5 nitrogen and oxygen atoms in total. The van der Waals surface area contributed by atoms with Gasteiger partial charge in [0.1, 0.15) is 0 Å². The molecule has 24 heavy (non-hydrogen) atoms. The van der Waals surface area contributed by atoms with E-state index < -0.39 is 0 Å². The van der Waals surface area contributed by atoms with Crippen LogP contribution < -0.4 is 0 Å². The fourth-order valence-electron chi connectivity index (χ4n) is 2.83. The molecular weight excluding hydrogens is 304 g/mol. The number of hydrogen-bond donors (Lipinski definition) is 1. The van der Waals surface area contributed by atoms with Gasteiger partial charge in [-0.2, -0.15) is 0 Å². The zero-order valence-electron chi connectivity index (χ0n) is 15.3. The quantitative estimate of drug-likeness (QED) is 0.895. The third-order valence-electron chi connectivity index (χ3n) is 4.64. The molecule has 1 amide bonds. The van der Waals surface area contributed by atoms with E-state index in [1.807, 2.05) is 49.9 Å². The molecule has 1 atom stereocenters. The van der Waals surface area contributed by atoms with Crippen molar-refractivity contribution in [2.24, 2.45) is 5.41 Å². The summed E-state index contributed by atoms with van der Waals surface area (Å²) in [5.41, 5.74) is 1.53. The maximum Gasteiger partial charge on any atom is 0.254 e. The van der Waals surface area contributed by atoms with Crippen molar-refractivity contribution >= 4 is 5.91 Å². The standard InChI is InChI=1S/C19H30N2O3/c1-19(2,3)17(22)13-20-9-11-21(12-10-20)18(23)16-8-6-5-7-15(16)14-24-4/h5-8,17,22H,9-14H2,1-4H3. The summed E-state index contributed by atoms with van der Waals surface area (Å²) in [7, 11) is 1.64. The van der Waals surface area contributed by atoms with Crippen LogP contribution in [-0.4, -0.2) is 66.8 Å². The van der Waals surface area contributed by atoms with Crippen molar-refractivity contribution in [3.63, 3.8) is 0 Å². The van der Waals surface area contributed by atoms with E-state index >= 15 is 0 Å². The van der Waals surface area contributed by atoms with Crippen molar-refractivity contribution in [3.8, 4) is 0 Å². The second-order valence-corrected chi connectivity index (χ2v) is 7.56. The van der Waals surface area contributed by atoms with Gasteiger partial charge in [-0.25, -0.2) is 0 Å². The van der Waals surface area contributed by atoms with Gasteiger partial charge in [0.25, 0.3) is 5.91 Å². The average Bonchev–Trinajstić information content (AvgIpc) is 2.55. The summed E-state index contributed by atoms with van der Waals surface area (Å²) in [6.07, 6.45) is -0.359. The monoisotopic (exact) mass is 334 g/mol. The first-order chi connectivity index (χ1) is 11.3. The fraction of sp³-hybridized carbons (Fsp3) is 0.632. The van der Waals surface area contributed by atoms with E-state index in [1.165, 1.54) is 0 Å². The van der Waals surface area contributed by atoms with Crippen molar-refractivity contribution < 1.29 is 14.6 Å². The smallest absolute Gasteiger partial charge is 0.254 e. The molecule has 1 heterocycles. The first kappa shape index (κ1) is 18.9. The van der Waals surface area contributed by atoms with E-state index in [-0.39, 0.29) is 17.4 Å². The van der Waals surface area contributed by atoms with Crippen molar-refractivity contribution in [1.82, 2.24) is 9.80 Å². The number of amides is 1. The van der Waals surface area contributed by atoms with Gasteiger partial charge in [-0.15, -0.1) is 0 Å². The molecule has 0 saturated carbocycles. The van der Waals surface area contributed by atoms with Crippen LogP contribution >= 0.6 is 0 Å². The molecule has 1 unspecified atom stereocenters. The van der Waals surface area contributed by atoms with Crippen LogP contribution in [0.25, 0.3) is 0 Å². The summed E-state index contributed by atoms with van der Waals surface area (Å²) in [6, 6.07) is 7.62. The highest BCUT2D eigenvalue weighted by molar-refractivity contribution is 5.95. The number of ether oxygens (including phenoxy) is 1. The summed E-state index contributed by atoms with van der Waals surface area (Å²) < 4.78 is 5.19. The second-order valence-electron chi connectivity index (χ2n) is 7.56. The Kier molecular flexibility index (Phi) is 6.38. The molecule has 1 saturated heterocycles. The predicted octanol–water partition coefficient (Wildman–Crippen LogP) is 2.00. The number of nitrogens with zero attached hydrogens (tertiary/aromatic N) is 2. The Labute approximate surface area is 145 Å². The Hall–Kier alpha value is -1.43. The number of carbonyl (C=O) groups is 1. The van der Waals surface area contributed by atoms with Crippen LogP contribution in [0.4, 0.5) is 0 Å². The molecule has 1 aliphatic heterocycles. The summed E-state index contributed by atoms with van der Waals surface area (Å²) in [5.74, 6) is 0.0682. The van der Waals surface area contributed by atoms with Crippen LogP contribution in [0, 0.1) is 5.41 Å². The van der Waals surface area contributed by atoms with E-state index in [4.69, 9.17) is 4.74 Å². The van der Waals surface area contributed by atoms with E-state index in [0.29, 0.717) is 26.2 Å². The summed E-state index contributed by atoms with van der Waals surface area (Å²) in [4.78, 5) is 16.9. The Morgan fingerprint density at radius 1 is 1.21 bits per heavy atom. The topological polar surface area (TPSA) is 53.0 Å². The molecule has 0 radical (unpaired) electrons. The van der Waals surface area contributed by atoms with Crippen molar-refractivity contribution in [2.75, 3.05) is 39.8 Å². The molecular formula is C19H30N2O3. The van der Waals surface area contributed by atoms with Gasteiger partial charge in [0.05, 0.1) is 12.7 Å². The minimum atomic E-state index is -0.359. The van der Waals surface area contributed by atoms with Crippen molar-refractivity contribution in [3.05, 3.63) is 35.4 Å². The first-order valence-corrected chi connectivity index (χ1v) is 8.59. The molecule has 2 rings (SSSR count). The highest BCUT2D eigenvalue weighted by atomic mass is 16.5. The highest BCUT2D eigenvalue weighted by Gasteiger charge is 2.28. The number of piperazine rings is 1. The lowest BCUT2D eigenvalue weighted by atomic mass is 9.89. The van der Waals surface area contributed by atoms with E-state index in [9.17, 15) is 9.90 Å². The summed E-state index contributed by atoms with van der Waals surface area (Å²) in [6.45, 7) is 10.2. The lowest BCUT2D eigenvalue weighted by Gasteiger charge is -2.38. The van der Waals surface area contributed by atoms with Gasteiger partial charge in [-0.3, -0.25) is 9.69 Å². The number of aliphatic hydroxyl groups excluding tert-OH is 1. The van der Waals surface area contributed by atoms with Gasteiger partial charge < -0.3 is 14.7 Å². The van der Waals surface area contributed by atoms with Crippen LogP contribution in [0.3, 0.4) is 0 Å². The molecule has 1 aromatic carbocycles. The zero-order chi connectivity index (χ0) is 17.7. The summed E-state index contributed by atoms with van der Waals surface area (Å²) >= 11 is 0. The third-order valence-corrected chi connectivity index (χ3v) is 4.64. The van der Waals surface area contributed by atoms with Crippen LogP contribution in [0.2, 0.25) is 0 Å². The molecule has 1 aromatic rings. The van der Waals surface area contributed by atoms with Gasteiger partial charge in [0.15, 0.2) is 0 Å². The molecule has 5 heteroatoms. The zero-order valence-corrected chi connectivity index (χ0v) is 15.3. The Morgan fingerprint density at radius 3 is 2.42 bits per heavy atom. The lowest BCUT2D eigenvalue weighted by Crippen LogP contribution is -2.51. The molecule has 1 N–H and O–H groups in total. The number of benzene rings is 1. The van der Waals surface area contributed by atoms with Crippen LogP contribution in [0.15, 0.2) is 24.3 Å². The van der Waals surface area contributed by atoms with E-state index in [2.05, 4.69) is 4.90 Å². The minimum Gasteiger partial charge on any atom is -0.391 e. The minimum absolute atomic E-state index is 0.0682.